The molecule has 4 rings (SSSR count). The van der Waals surface area contributed by atoms with Crippen LogP contribution in [0.5, 0.6) is 0 Å². The van der Waals surface area contributed by atoms with Gasteiger partial charge < -0.3 is 0 Å². The molecule has 28 heavy (non-hydrogen) atoms. The molecule has 0 saturated carbocycles. The van der Waals surface area contributed by atoms with Gasteiger partial charge in [0.1, 0.15) is 0 Å². The standard InChI is InChI=1S/C22H20N4OS/c1-15(2)26-14-13-18(25-26)21(27)24-22-23-19(16-9-5-3-6-10-16)20(28-22)17-11-7-4-8-12-17/h3-15H,1-2H3,(H,23,24,27). The van der Waals surface area contributed by atoms with Gasteiger partial charge in [0, 0.05) is 17.8 Å². The number of hydrogen-bond donors (Lipinski definition) is 1. The molecule has 4 aromatic rings. The Morgan fingerprint density at radius 3 is 2.21 bits per heavy atom. The Morgan fingerprint density at radius 1 is 0.964 bits per heavy atom. The lowest BCUT2D eigenvalue weighted by molar-refractivity contribution is 0.102. The summed E-state index contributed by atoms with van der Waals surface area (Å²) < 4.78 is 1.77. The van der Waals surface area contributed by atoms with Crippen LogP contribution in [0.2, 0.25) is 0 Å². The summed E-state index contributed by atoms with van der Waals surface area (Å²) in [4.78, 5) is 18.4. The Kier molecular flexibility index (Phi) is 5.04. The minimum absolute atomic E-state index is 0.204. The number of carbonyl (C=O) groups excluding carboxylic acids is 1. The summed E-state index contributed by atoms with van der Waals surface area (Å²) in [6.45, 7) is 4.04. The van der Waals surface area contributed by atoms with E-state index < -0.39 is 0 Å². The summed E-state index contributed by atoms with van der Waals surface area (Å²) in [6, 6.07) is 22.0. The second kappa shape index (κ2) is 7.78. The molecule has 0 unspecified atom stereocenters. The lowest BCUT2D eigenvalue weighted by Crippen LogP contribution is -2.13. The summed E-state index contributed by atoms with van der Waals surface area (Å²) in [5, 5.41) is 7.79. The van der Waals surface area contributed by atoms with Gasteiger partial charge in [0.2, 0.25) is 0 Å². The van der Waals surface area contributed by atoms with Crippen molar-refractivity contribution in [3.63, 3.8) is 0 Å². The monoisotopic (exact) mass is 388 g/mol. The average molecular weight is 388 g/mol. The lowest BCUT2D eigenvalue weighted by atomic mass is 10.1. The van der Waals surface area contributed by atoms with Crippen LogP contribution in [0.3, 0.4) is 0 Å². The van der Waals surface area contributed by atoms with Gasteiger partial charge in [-0.3, -0.25) is 14.8 Å². The van der Waals surface area contributed by atoms with Gasteiger partial charge in [-0.15, -0.1) is 0 Å². The van der Waals surface area contributed by atoms with Crippen molar-refractivity contribution in [2.75, 3.05) is 5.32 Å². The Hall–Kier alpha value is -3.25. The summed E-state index contributed by atoms with van der Waals surface area (Å²) in [7, 11) is 0. The van der Waals surface area contributed by atoms with E-state index in [2.05, 4.69) is 22.5 Å². The molecule has 0 bridgehead atoms. The number of aromatic nitrogens is 3. The van der Waals surface area contributed by atoms with E-state index in [0.29, 0.717) is 10.8 Å². The molecule has 0 fully saturated rings. The van der Waals surface area contributed by atoms with E-state index in [1.165, 1.54) is 11.3 Å². The first-order valence-corrected chi connectivity index (χ1v) is 9.91. The molecular formula is C22H20N4OS. The average Bonchev–Trinajstić information content (AvgIpc) is 3.37. The Balaban J connectivity index is 1.68. The first-order valence-electron chi connectivity index (χ1n) is 9.10. The van der Waals surface area contributed by atoms with Crippen LogP contribution in [0.4, 0.5) is 5.13 Å². The van der Waals surface area contributed by atoms with E-state index in [4.69, 9.17) is 4.98 Å². The van der Waals surface area contributed by atoms with Gasteiger partial charge in [-0.2, -0.15) is 5.10 Å². The summed E-state index contributed by atoms with van der Waals surface area (Å²) in [6.07, 6.45) is 1.81. The molecule has 1 N–H and O–H groups in total. The van der Waals surface area contributed by atoms with Crippen LogP contribution in [0.15, 0.2) is 72.9 Å². The molecule has 5 nitrogen and oxygen atoms in total. The molecule has 2 aromatic carbocycles. The molecular weight excluding hydrogens is 368 g/mol. The molecule has 0 aliphatic heterocycles. The van der Waals surface area contributed by atoms with E-state index in [9.17, 15) is 4.79 Å². The van der Waals surface area contributed by atoms with E-state index in [0.717, 1.165) is 21.7 Å². The van der Waals surface area contributed by atoms with Crippen LogP contribution in [-0.2, 0) is 0 Å². The van der Waals surface area contributed by atoms with Crippen molar-refractivity contribution < 1.29 is 4.79 Å². The quantitative estimate of drug-likeness (QED) is 0.491. The van der Waals surface area contributed by atoms with Gasteiger partial charge in [0.05, 0.1) is 10.6 Å². The molecule has 6 heteroatoms. The SMILES string of the molecule is CC(C)n1ccc(C(=O)Nc2nc(-c3ccccc3)c(-c3ccccc3)s2)n1. The minimum Gasteiger partial charge on any atom is -0.296 e. The summed E-state index contributed by atoms with van der Waals surface area (Å²) >= 11 is 1.47. The minimum atomic E-state index is -0.257. The van der Waals surface area contributed by atoms with Crippen molar-refractivity contribution in [1.29, 1.82) is 0 Å². The van der Waals surface area contributed by atoms with E-state index in [1.54, 1.807) is 10.7 Å². The highest BCUT2D eigenvalue weighted by Gasteiger charge is 2.18. The maximum Gasteiger partial charge on any atom is 0.277 e. The predicted molar refractivity (Wildman–Crippen MR) is 114 cm³/mol. The topological polar surface area (TPSA) is 59.8 Å². The zero-order chi connectivity index (χ0) is 19.5. The van der Waals surface area contributed by atoms with Crippen molar-refractivity contribution >= 4 is 22.4 Å². The number of nitrogens with zero attached hydrogens (tertiary/aromatic N) is 3. The highest BCUT2D eigenvalue weighted by Crippen LogP contribution is 2.38. The van der Waals surface area contributed by atoms with E-state index in [1.807, 2.05) is 68.6 Å². The smallest absolute Gasteiger partial charge is 0.277 e. The molecule has 2 heterocycles. The fourth-order valence-corrected chi connectivity index (χ4v) is 3.85. The lowest BCUT2D eigenvalue weighted by Gasteiger charge is -2.03. The fourth-order valence-electron chi connectivity index (χ4n) is 2.86. The molecule has 0 aliphatic rings. The van der Waals surface area contributed by atoms with Crippen molar-refractivity contribution in [2.45, 2.75) is 19.9 Å². The van der Waals surface area contributed by atoms with Gasteiger partial charge in [-0.05, 0) is 25.5 Å². The number of thiazole rings is 1. The first kappa shape index (κ1) is 18.1. The van der Waals surface area contributed by atoms with Crippen LogP contribution in [0.25, 0.3) is 21.7 Å². The third-order valence-electron chi connectivity index (χ3n) is 4.30. The molecule has 1 amide bonds. The van der Waals surface area contributed by atoms with Gasteiger partial charge in [0.25, 0.3) is 5.91 Å². The molecule has 0 spiro atoms. The number of hydrogen-bond acceptors (Lipinski definition) is 4. The molecule has 0 radical (unpaired) electrons. The number of nitrogens with one attached hydrogen (secondary N) is 1. The summed E-state index contributed by atoms with van der Waals surface area (Å²) in [5.74, 6) is -0.257. The van der Waals surface area contributed by atoms with Crippen LogP contribution in [0, 0.1) is 0 Å². The van der Waals surface area contributed by atoms with Crippen LogP contribution >= 0.6 is 11.3 Å². The number of carbonyl (C=O) groups is 1. The first-order chi connectivity index (χ1) is 13.6. The zero-order valence-corrected chi connectivity index (χ0v) is 16.5. The van der Waals surface area contributed by atoms with Crippen LogP contribution < -0.4 is 5.32 Å². The van der Waals surface area contributed by atoms with Crippen molar-refractivity contribution in [3.05, 3.63) is 78.6 Å². The number of amides is 1. The van der Waals surface area contributed by atoms with Gasteiger partial charge in [0.15, 0.2) is 10.8 Å². The number of anilines is 1. The molecule has 140 valence electrons. The maximum absolute atomic E-state index is 12.6. The second-order valence-corrected chi connectivity index (χ2v) is 7.66. The molecule has 0 aliphatic carbocycles. The highest BCUT2D eigenvalue weighted by molar-refractivity contribution is 7.19. The van der Waals surface area contributed by atoms with Gasteiger partial charge in [-0.25, -0.2) is 4.98 Å². The zero-order valence-electron chi connectivity index (χ0n) is 15.7. The van der Waals surface area contributed by atoms with Crippen molar-refractivity contribution in [3.8, 4) is 21.7 Å². The van der Waals surface area contributed by atoms with Crippen LogP contribution in [-0.4, -0.2) is 20.7 Å². The third-order valence-corrected chi connectivity index (χ3v) is 5.32. The number of rotatable bonds is 5. The summed E-state index contributed by atoms with van der Waals surface area (Å²) in [5.41, 5.74) is 3.33. The normalized spacial score (nSPS) is 11.0. The van der Waals surface area contributed by atoms with Gasteiger partial charge in [-0.1, -0.05) is 72.0 Å². The highest BCUT2D eigenvalue weighted by atomic mass is 32.1. The number of benzene rings is 2. The molecule has 0 saturated heterocycles. The van der Waals surface area contributed by atoms with Gasteiger partial charge >= 0.3 is 0 Å². The molecule has 2 aromatic heterocycles. The Bertz CT molecular complexity index is 1030. The van der Waals surface area contributed by atoms with E-state index in [-0.39, 0.29) is 11.9 Å². The van der Waals surface area contributed by atoms with Crippen LogP contribution in [0.1, 0.15) is 30.4 Å². The Labute approximate surface area is 167 Å². The predicted octanol–water partition coefficient (Wildman–Crippen LogP) is 5.51. The third kappa shape index (κ3) is 3.73. The molecule has 0 atom stereocenters. The maximum atomic E-state index is 12.6. The fraction of sp³-hybridized carbons (Fsp3) is 0.136. The Morgan fingerprint density at radius 2 is 1.61 bits per heavy atom. The van der Waals surface area contributed by atoms with Crippen molar-refractivity contribution in [2.24, 2.45) is 0 Å². The second-order valence-electron chi connectivity index (χ2n) is 6.66. The largest absolute Gasteiger partial charge is 0.296 e. The van der Waals surface area contributed by atoms with E-state index >= 15 is 0 Å². The van der Waals surface area contributed by atoms with Crippen molar-refractivity contribution in [1.82, 2.24) is 14.8 Å².